The van der Waals surface area contributed by atoms with Crippen molar-refractivity contribution in [2.24, 2.45) is 0 Å². The summed E-state index contributed by atoms with van der Waals surface area (Å²) in [6, 6.07) is 33.9. The molecule has 1 unspecified atom stereocenters. The number of nitrogens with zero attached hydrogens (tertiary/aromatic N) is 1. The first-order valence-electron chi connectivity index (χ1n) is 10.3. The summed E-state index contributed by atoms with van der Waals surface area (Å²) in [6.07, 6.45) is 8.36. The lowest BCUT2D eigenvalue weighted by Gasteiger charge is -2.09. The largest absolute Gasteiger partial charge is 0.201 e. The predicted molar refractivity (Wildman–Crippen MR) is 132 cm³/mol. The molecule has 150 valence electrons. The van der Waals surface area contributed by atoms with E-state index < -0.39 is 0 Å². The maximum atomic E-state index is 3.69. The Morgan fingerprint density at radius 3 is 1.57 bits per heavy atom. The van der Waals surface area contributed by atoms with Gasteiger partial charge in [0.15, 0.2) is 18.9 Å². The zero-order valence-corrected chi connectivity index (χ0v) is 18.5. The fraction of sp³-hybridized carbons (Fsp3) is 0.107. The number of benzene rings is 3. The molecule has 4 aromatic rings. The molecule has 30 heavy (non-hydrogen) atoms. The first-order valence-corrected chi connectivity index (χ1v) is 11.1. The van der Waals surface area contributed by atoms with E-state index in [2.05, 4.69) is 130 Å². The van der Waals surface area contributed by atoms with Gasteiger partial charge in [0.25, 0.3) is 0 Å². The summed E-state index contributed by atoms with van der Waals surface area (Å²) in [5, 5.41) is 0. The quantitative estimate of drug-likeness (QED) is 0.192. The van der Waals surface area contributed by atoms with Crippen molar-refractivity contribution in [3.63, 3.8) is 0 Å². The molecule has 4 rings (SSSR count). The third kappa shape index (κ3) is 6.24. The average Bonchev–Trinajstić information content (AvgIpc) is 2.82. The van der Waals surface area contributed by atoms with Gasteiger partial charge in [-0.25, -0.2) is 4.57 Å². The summed E-state index contributed by atoms with van der Waals surface area (Å²) in [6.45, 7) is 4.58. The topological polar surface area (TPSA) is 3.88 Å². The van der Waals surface area contributed by atoms with Crippen LogP contribution in [0.15, 0.2) is 122 Å². The van der Waals surface area contributed by atoms with E-state index >= 15 is 0 Å². The van der Waals surface area contributed by atoms with Crippen molar-refractivity contribution in [3.05, 3.63) is 128 Å². The molecule has 0 radical (unpaired) electrons. The van der Waals surface area contributed by atoms with Crippen molar-refractivity contribution in [2.75, 3.05) is 6.16 Å². The van der Waals surface area contributed by atoms with E-state index in [1.54, 1.807) is 0 Å². The van der Waals surface area contributed by atoms with E-state index in [9.17, 15) is 0 Å². The standard InChI is InChI=1S/C18H14.C10H15NP/c1-3-9-15(10-4-1)17-13-7-8-14-18(17)16-11-5-2-6-12-16;1-2-6-11-7-3-10(4-8-11)5-9-12/h1-14H;2-4,7-8H,1,5-6,9,12H2/q;+1. The highest BCUT2D eigenvalue weighted by Crippen LogP contribution is 2.31. The zero-order chi connectivity index (χ0) is 21.0. The molecule has 1 atom stereocenters. The van der Waals surface area contributed by atoms with E-state index in [1.165, 1.54) is 27.8 Å². The van der Waals surface area contributed by atoms with Crippen LogP contribution in [-0.4, -0.2) is 6.16 Å². The molecule has 0 aliphatic carbocycles. The lowest BCUT2D eigenvalue weighted by Crippen LogP contribution is -2.31. The van der Waals surface area contributed by atoms with Crippen molar-refractivity contribution in [2.45, 2.75) is 13.0 Å². The Bertz CT molecular complexity index is 966. The van der Waals surface area contributed by atoms with Crippen LogP contribution < -0.4 is 4.57 Å². The van der Waals surface area contributed by atoms with Crippen LogP contribution in [0.4, 0.5) is 0 Å². The SMILES string of the molecule is C=CC[n+]1ccc(CCP)cc1.c1ccc(-c2ccccc2-c2ccccc2)cc1. The fourth-order valence-corrected chi connectivity index (χ4v) is 3.65. The maximum Gasteiger partial charge on any atom is 0.169 e. The molecule has 0 saturated heterocycles. The summed E-state index contributed by atoms with van der Waals surface area (Å²) in [4.78, 5) is 0. The van der Waals surface area contributed by atoms with Crippen LogP contribution in [0.1, 0.15) is 5.56 Å². The van der Waals surface area contributed by atoms with Gasteiger partial charge in [0.2, 0.25) is 0 Å². The molecule has 1 heterocycles. The zero-order valence-electron chi connectivity index (χ0n) is 17.3. The first-order chi connectivity index (χ1) is 14.8. The molecule has 1 aromatic heterocycles. The molecule has 2 heteroatoms. The second-order valence-corrected chi connectivity index (χ2v) is 7.59. The number of aryl methyl sites for hydroxylation is 1. The Morgan fingerprint density at radius 1 is 0.667 bits per heavy atom. The van der Waals surface area contributed by atoms with Crippen molar-refractivity contribution >= 4 is 9.24 Å². The second kappa shape index (κ2) is 11.9. The minimum Gasteiger partial charge on any atom is -0.201 e. The van der Waals surface area contributed by atoms with E-state index in [-0.39, 0.29) is 0 Å². The van der Waals surface area contributed by atoms with Crippen LogP contribution >= 0.6 is 9.24 Å². The Morgan fingerprint density at radius 2 is 1.13 bits per heavy atom. The van der Waals surface area contributed by atoms with Gasteiger partial charge in [0.1, 0.15) is 0 Å². The van der Waals surface area contributed by atoms with Gasteiger partial charge in [0.05, 0.1) is 0 Å². The monoisotopic (exact) mass is 410 g/mol. The molecule has 1 nitrogen and oxygen atoms in total. The van der Waals surface area contributed by atoms with Gasteiger partial charge in [0, 0.05) is 12.1 Å². The molecule has 0 aliphatic rings. The number of hydrogen-bond acceptors (Lipinski definition) is 0. The lowest BCUT2D eigenvalue weighted by atomic mass is 9.95. The molecule has 0 bridgehead atoms. The average molecular weight is 411 g/mol. The van der Waals surface area contributed by atoms with Crippen molar-refractivity contribution < 1.29 is 4.57 Å². The van der Waals surface area contributed by atoms with Crippen molar-refractivity contribution in [1.82, 2.24) is 0 Å². The number of allylic oxidation sites excluding steroid dienone is 1. The maximum absolute atomic E-state index is 3.69. The second-order valence-electron chi connectivity index (χ2n) is 7.01. The van der Waals surface area contributed by atoms with Gasteiger partial charge in [-0.3, -0.25) is 0 Å². The Kier molecular flexibility index (Phi) is 8.57. The van der Waals surface area contributed by atoms with Crippen LogP contribution in [0.3, 0.4) is 0 Å². The van der Waals surface area contributed by atoms with Gasteiger partial charge < -0.3 is 0 Å². The number of rotatable bonds is 6. The Balaban J connectivity index is 0.000000187. The Labute approximate surface area is 183 Å². The summed E-state index contributed by atoms with van der Waals surface area (Å²) in [5.41, 5.74) is 6.48. The summed E-state index contributed by atoms with van der Waals surface area (Å²) >= 11 is 0. The normalized spacial score (nSPS) is 10.0. The third-order valence-electron chi connectivity index (χ3n) is 4.83. The van der Waals surface area contributed by atoms with Gasteiger partial charge in [-0.15, -0.1) is 9.24 Å². The first kappa shape index (κ1) is 21.7. The van der Waals surface area contributed by atoms with Crippen LogP contribution in [-0.2, 0) is 13.0 Å². The van der Waals surface area contributed by atoms with Crippen LogP contribution in [0.5, 0.6) is 0 Å². The van der Waals surface area contributed by atoms with Crippen LogP contribution in [0, 0.1) is 0 Å². The van der Waals surface area contributed by atoms with Gasteiger partial charge >= 0.3 is 0 Å². The molecule has 0 spiro atoms. The Hall–Kier alpha value is -3.02. The minimum absolute atomic E-state index is 0.890. The molecular formula is C28H29NP+. The fourth-order valence-electron chi connectivity index (χ4n) is 3.31. The van der Waals surface area contributed by atoms with Gasteiger partial charge in [-0.1, -0.05) is 91.5 Å². The van der Waals surface area contributed by atoms with Crippen molar-refractivity contribution in [1.29, 1.82) is 0 Å². The highest BCUT2D eigenvalue weighted by molar-refractivity contribution is 7.16. The van der Waals surface area contributed by atoms with Gasteiger partial charge in [-0.2, -0.15) is 0 Å². The number of aromatic nitrogens is 1. The number of pyridine rings is 1. The van der Waals surface area contributed by atoms with E-state index in [4.69, 9.17) is 0 Å². The summed E-state index contributed by atoms with van der Waals surface area (Å²) in [5.74, 6) is 0. The highest BCUT2D eigenvalue weighted by atomic mass is 31.0. The summed E-state index contributed by atoms with van der Waals surface area (Å²) in [7, 11) is 2.74. The molecule has 0 fully saturated rings. The third-order valence-corrected chi connectivity index (χ3v) is 5.12. The van der Waals surface area contributed by atoms with Gasteiger partial charge in [-0.05, 0) is 46.5 Å². The molecule has 0 amide bonds. The predicted octanol–water partition coefficient (Wildman–Crippen LogP) is 6.60. The van der Waals surface area contributed by atoms with E-state index in [0.29, 0.717) is 0 Å². The summed E-state index contributed by atoms with van der Waals surface area (Å²) < 4.78 is 2.11. The van der Waals surface area contributed by atoms with Crippen LogP contribution in [0.25, 0.3) is 22.3 Å². The molecule has 3 aromatic carbocycles. The van der Waals surface area contributed by atoms with Crippen molar-refractivity contribution in [3.8, 4) is 22.3 Å². The minimum atomic E-state index is 0.890. The molecule has 0 saturated carbocycles. The lowest BCUT2D eigenvalue weighted by molar-refractivity contribution is -0.687. The molecule has 0 N–H and O–H groups in total. The number of hydrogen-bond donors (Lipinski definition) is 0. The molecule has 0 aliphatic heterocycles. The smallest absolute Gasteiger partial charge is 0.169 e. The highest BCUT2D eigenvalue weighted by Gasteiger charge is 2.05. The van der Waals surface area contributed by atoms with E-state index in [0.717, 1.165) is 19.1 Å². The van der Waals surface area contributed by atoms with Crippen LogP contribution in [0.2, 0.25) is 0 Å². The van der Waals surface area contributed by atoms with E-state index in [1.807, 2.05) is 6.08 Å². The molecular weight excluding hydrogens is 381 g/mol.